The van der Waals surface area contributed by atoms with Crippen molar-refractivity contribution >= 4 is 21.9 Å². The van der Waals surface area contributed by atoms with E-state index in [1.807, 2.05) is 13.8 Å². The third-order valence-corrected chi connectivity index (χ3v) is 3.16. The molecular formula is C7H11BrN4O2. The highest BCUT2D eigenvalue weighted by molar-refractivity contribution is 9.09. The summed E-state index contributed by atoms with van der Waals surface area (Å²) in [6, 6.07) is 0. The zero-order valence-electron chi connectivity index (χ0n) is 7.97. The van der Waals surface area contributed by atoms with Crippen molar-refractivity contribution in [2.75, 3.05) is 5.33 Å². The highest BCUT2D eigenvalue weighted by Crippen LogP contribution is 2.20. The summed E-state index contributed by atoms with van der Waals surface area (Å²) < 4.78 is 1.49. The van der Waals surface area contributed by atoms with Crippen LogP contribution >= 0.6 is 15.9 Å². The van der Waals surface area contributed by atoms with Gasteiger partial charge in [0.15, 0.2) is 0 Å². The van der Waals surface area contributed by atoms with E-state index < -0.39 is 4.92 Å². The number of nitrogens with zero attached hydrogens (tertiary/aromatic N) is 4. The summed E-state index contributed by atoms with van der Waals surface area (Å²) in [4.78, 5) is 13.3. The van der Waals surface area contributed by atoms with Gasteiger partial charge in [-0.3, -0.25) is 0 Å². The Bertz CT molecular complexity index is 336. The van der Waals surface area contributed by atoms with Crippen LogP contribution < -0.4 is 0 Å². The Kier molecular flexibility index (Phi) is 3.20. The van der Waals surface area contributed by atoms with Crippen LogP contribution in [-0.4, -0.2) is 25.0 Å². The maximum atomic E-state index is 10.3. The summed E-state index contributed by atoms with van der Waals surface area (Å²) >= 11 is 3.37. The fourth-order valence-corrected chi connectivity index (χ4v) is 1.10. The topological polar surface area (TPSA) is 73.8 Å². The van der Waals surface area contributed by atoms with Gasteiger partial charge in [0.2, 0.25) is 6.33 Å². The molecule has 0 amide bonds. The van der Waals surface area contributed by atoms with Crippen molar-refractivity contribution < 1.29 is 4.92 Å². The first kappa shape index (κ1) is 11.1. The number of alkyl halides is 1. The summed E-state index contributed by atoms with van der Waals surface area (Å²) in [5.41, 5.74) is 0.00156. The highest BCUT2D eigenvalue weighted by Gasteiger charge is 2.21. The van der Waals surface area contributed by atoms with Crippen LogP contribution in [0.1, 0.15) is 13.8 Å². The SMILES string of the molecule is CC(C)(CBr)Cn1cnc([N+](=O)[O-])n1. The molecule has 0 aliphatic carbocycles. The first-order valence-electron chi connectivity index (χ1n) is 4.04. The molecule has 1 aromatic heterocycles. The standard InChI is InChI=1S/C7H11BrN4O2/c1-7(2,3-8)4-11-5-9-6(10-11)12(13)14/h5H,3-4H2,1-2H3. The number of rotatable bonds is 4. The summed E-state index contributed by atoms with van der Waals surface area (Å²) in [7, 11) is 0. The van der Waals surface area contributed by atoms with Crippen LogP contribution in [0.25, 0.3) is 0 Å². The van der Waals surface area contributed by atoms with E-state index in [-0.39, 0.29) is 11.4 Å². The van der Waals surface area contributed by atoms with Crippen molar-refractivity contribution in [2.24, 2.45) is 5.41 Å². The number of hydrogen-bond acceptors (Lipinski definition) is 4. The summed E-state index contributed by atoms with van der Waals surface area (Å²) in [5, 5.41) is 14.8. The lowest BCUT2D eigenvalue weighted by atomic mass is 9.97. The number of aromatic nitrogens is 3. The lowest BCUT2D eigenvalue weighted by Gasteiger charge is -2.18. The average Bonchev–Trinajstić information content (AvgIpc) is 2.52. The molecule has 1 heterocycles. The number of hydrogen-bond donors (Lipinski definition) is 0. The van der Waals surface area contributed by atoms with Gasteiger partial charge in [-0.15, -0.1) is 0 Å². The quantitative estimate of drug-likeness (QED) is 0.470. The third kappa shape index (κ3) is 2.76. The molecule has 0 spiro atoms. The van der Waals surface area contributed by atoms with Gasteiger partial charge >= 0.3 is 5.95 Å². The second-order valence-electron chi connectivity index (χ2n) is 3.80. The van der Waals surface area contributed by atoms with Gasteiger partial charge in [-0.1, -0.05) is 34.8 Å². The Hall–Kier alpha value is -0.980. The third-order valence-electron chi connectivity index (χ3n) is 1.64. The largest absolute Gasteiger partial charge is 0.490 e. The molecule has 0 bridgehead atoms. The fourth-order valence-electron chi connectivity index (χ4n) is 0.925. The van der Waals surface area contributed by atoms with E-state index in [2.05, 4.69) is 26.0 Å². The van der Waals surface area contributed by atoms with Gasteiger partial charge < -0.3 is 10.1 Å². The first-order valence-corrected chi connectivity index (χ1v) is 5.16. The van der Waals surface area contributed by atoms with Crippen LogP contribution in [0.2, 0.25) is 0 Å². The van der Waals surface area contributed by atoms with Crippen molar-refractivity contribution in [3.63, 3.8) is 0 Å². The van der Waals surface area contributed by atoms with Gasteiger partial charge in [0.05, 0.1) is 6.54 Å². The van der Waals surface area contributed by atoms with Gasteiger partial charge in [0, 0.05) is 10.4 Å². The van der Waals surface area contributed by atoms with E-state index >= 15 is 0 Å². The molecular weight excluding hydrogens is 252 g/mol. The van der Waals surface area contributed by atoms with Crippen LogP contribution in [0.3, 0.4) is 0 Å². The molecule has 6 nitrogen and oxygen atoms in total. The van der Waals surface area contributed by atoms with E-state index in [0.29, 0.717) is 6.54 Å². The Labute approximate surface area is 89.6 Å². The summed E-state index contributed by atoms with van der Waals surface area (Å²) in [6.45, 7) is 4.67. The minimum absolute atomic E-state index is 0.00156. The molecule has 0 aliphatic rings. The Morgan fingerprint density at radius 3 is 2.79 bits per heavy atom. The minimum atomic E-state index is -0.600. The molecule has 78 valence electrons. The van der Waals surface area contributed by atoms with Crippen LogP contribution in [0.15, 0.2) is 6.33 Å². The lowest BCUT2D eigenvalue weighted by Crippen LogP contribution is -2.21. The molecule has 0 saturated carbocycles. The van der Waals surface area contributed by atoms with Crippen molar-refractivity contribution in [3.05, 3.63) is 16.4 Å². The van der Waals surface area contributed by atoms with Crippen molar-refractivity contribution in [3.8, 4) is 0 Å². The van der Waals surface area contributed by atoms with Crippen molar-refractivity contribution in [2.45, 2.75) is 20.4 Å². The zero-order chi connectivity index (χ0) is 10.8. The van der Waals surface area contributed by atoms with E-state index in [1.165, 1.54) is 11.0 Å². The van der Waals surface area contributed by atoms with E-state index in [0.717, 1.165) is 5.33 Å². The molecule has 0 saturated heterocycles. The highest BCUT2D eigenvalue weighted by atomic mass is 79.9. The maximum absolute atomic E-state index is 10.3. The molecule has 0 N–H and O–H groups in total. The molecule has 0 aromatic carbocycles. The lowest BCUT2D eigenvalue weighted by molar-refractivity contribution is -0.394. The molecule has 0 fully saturated rings. The monoisotopic (exact) mass is 262 g/mol. The smallest absolute Gasteiger partial charge is 0.390 e. The molecule has 1 rings (SSSR count). The minimum Gasteiger partial charge on any atom is -0.390 e. The van der Waals surface area contributed by atoms with Crippen LogP contribution in [-0.2, 0) is 6.54 Å². The molecule has 0 atom stereocenters. The Morgan fingerprint density at radius 2 is 2.36 bits per heavy atom. The fraction of sp³-hybridized carbons (Fsp3) is 0.714. The Morgan fingerprint density at radius 1 is 1.71 bits per heavy atom. The van der Waals surface area contributed by atoms with E-state index in [9.17, 15) is 10.1 Å². The van der Waals surface area contributed by atoms with E-state index in [4.69, 9.17) is 0 Å². The molecule has 0 radical (unpaired) electrons. The molecule has 1 aromatic rings. The van der Waals surface area contributed by atoms with Crippen molar-refractivity contribution in [1.82, 2.24) is 14.8 Å². The number of halogens is 1. The normalized spacial score (nSPS) is 11.6. The Balaban J connectivity index is 2.73. The maximum Gasteiger partial charge on any atom is 0.490 e. The van der Waals surface area contributed by atoms with Crippen LogP contribution in [0, 0.1) is 15.5 Å². The van der Waals surface area contributed by atoms with E-state index in [1.54, 1.807) is 0 Å². The van der Waals surface area contributed by atoms with Crippen LogP contribution in [0.5, 0.6) is 0 Å². The second kappa shape index (κ2) is 4.04. The predicted molar refractivity (Wildman–Crippen MR) is 54.3 cm³/mol. The van der Waals surface area contributed by atoms with Gasteiger partial charge in [-0.2, -0.15) is 4.68 Å². The first-order chi connectivity index (χ1) is 6.44. The summed E-state index contributed by atoms with van der Waals surface area (Å²) in [6.07, 6.45) is 1.38. The van der Waals surface area contributed by atoms with Gasteiger partial charge in [-0.25, -0.2) is 0 Å². The summed E-state index contributed by atoms with van der Waals surface area (Å²) in [5.74, 6) is -0.352. The second-order valence-corrected chi connectivity index (χ2v) is 4.36. The van der Waals surface area contributed by atoms with Crippen molar-refractivity contribution in [1.29, 1.82) is 0 Å². The zero-order valence-corrected chi connectivity index (χ0v) is 9.56. The number of nitro groups is 1. The molecule has 0 unspecified atom stereocenters. The average molecular weight is 263 g/mol. The van der Waals surface area contributed by atoms with Gasteiger partial charge in [0.25, 0.3) is 0 Å². The van der Waals surface area contributed by atoms with Gasteiger partial charge in [-0.05, 0) is 10.3 Å². The molecule has 7 heteroatoms. The molecule has 14 heavy (non-hydrogen) atoms. The predicted octanol–water partition coefficient (Wildman–Crippen LogP) is 1.61. The van der Waals surface area contributed by atoms with Gasteiger partial charge in [0.1, 0.15) is 0 Å². The van der Waals surface area contributed by atoms with Crippen LogP contribution in [0.4, 0.5) is 5.95 Å². The molecule has 0 aliphatic heterocycles.